The molecule has 0 N–H and O–H groups in total. The molecule has 2 aromatic rings. The molecule has 3 rings (SSSR count). The zero-order valence-corrected chi connectivity index (χ0v) is 12.4. The molecule has 0 spiro atoms. The van der Waals surface area contributed by atoms with Gasteiger partial charge in [0.25, 0.3) is 5.56 Å². The molecule has 0 aliphatic carbocycles. The van der Waals surface area contributed by atoms with Crippen LogP contribution < -0.4 is 10.5 Å². The fourth-order valence-electron chi connectivity index (χ4n) is 2.73. The largest absolute Gasteiger partial charge is 0.342 e. The Labute approximate surface area is 123 Å². The predicted molar refractivity (Wildman–Crippen MR) is 81.1 cm³/mol. The van der Waals surface area contributed by atoms with Gasteiger partial charge in [0.2, 0.25) is 5.95 Å². The maximum Gasteiger partial charge on any atom is 0.255 e. The van der Waals surface area contributed by atoms with E-state index in [1.165, 1.54) is 12.4 Å². The van der Waals surface area contributed by atoms with E-state index in [2.05, 4.69) is 26.8 Å². The smallest absolute Gasteiger partial charge is 0.255 e. The van der Waals surface area contributed by atoms with Gasteiger partial charge < -0.3 is 4.90 Å². The maximum absolute atomic E-state index is 12.2. The fourth-order valence-corrected chi connectivity index (χ4v) is 2.73. The SMILES string of the molecule is CC[C@@H]1CCN(c2nc(-c3ccncn3)cc(=O)n2C)C1. The first-order chi connectivity index (χ1) is 10.2. The Morgan fingerprint density at radius 1 is 1.38 bits per heavy atom. The average molecular weight is 285 g/mol. The summed E-state index contributed by atoms with van der Waals surface area (Å²) in [5, 5.41) is 0. The molecule has 1 aliphatic rings. The normalized spacial score (nSPS) is 18.2. The van der Waals surface area contributed by atoms with Gasteiger partial charge in [-0.15, -0.1) is 0 Å². The first-order valence-electron chi connectivity index (χ1n) is 7.28. The van der Waals surface area contributed by atoms with Crippen LogP contribution in [0.25, 0.3) is 11.4 Å². The third-order valence-electron chi connectivity index (χ3n) is 4.10. The molecule has 1 saturated heterocycles. The number of anilines is 1. The lowest BCUT2D eigenvalue weighted by Gasteiger charge is -2.20. The van der Waals surface area contributed by atoms with Crippen molar-refractivity contribution in [1.82, 2.24) is 19.5 Å². The van der Waals surface area contributed by atoms with Gasteiger partial charge in [0.15, 0.2) is 0 Å². The maximum atomic E-state index is 12.2. The van der Waals surface area contributed by atoms with Crippen LogP contribution in [0.1, 0.15) is 19.8 Å². The van der Waals surface area contributed by atoms with Crippen molar-refractivity contribution in [2.24, 2.45) is 13.0 Å². The van der Waals surface area contributed by atoms with Crippen molar-refractivity contribution in [2.45, 2.75) is 19.8 Å². The van der Waals surface area contributed by atoms with Crippen LogP contribution in [0, 0.1) is 5.92 Å². The highest BCUT2D eigenvalue weighted by Crippen LogP contribution is 2.24. The lowest BCUT2D eigenvalue weighted by molar-refractivity contribution is 0.567. The molecule has 0 aromatic carbocycles. The van der Waals surface area contributed by atoms with Crippen LogP contribution in [0.15, 0.2) is 29.5 Å². The van der Waals surface area contributed by atoms with Crippen molar-refractivity contribution in [1.29, 1.82) is 0 Å². The summed E-state index contributed by atoms with van der Waals surface area (Å²) in [4.78, 5) is 27.1. The molecule has 1 fully saturated rings. The van der Waals surface area contributed by atoms with Gasteiger partial charge >= 0.3 is 0 Å². The minimum atomic E-state index is -0.0615. The minimum absolute atomic E-state index is 0.0615. The second kappa shape index (κ2) is 5.63. The van der Waals surface area contributed by atoms with Gasteiger partial charge in [-0.05, 0) is 18.4 Å². The van der Waals surface area contributed by atoms with Crippen molar-refractivity contribution in [3.8, 4) is 11.4 Å². The standard InChI is InChI=1S/C15H19N5O/c1-3-11-5-7-20(9-11)15-18-13(8-14(21)19(15)2)12-4-6-16-10-17-12/h4,6,8,10-11H,3,5,7,9H2,1-2H3/t11-/m1/s1. The van der Waals surface area contributed by atoms with Gasteiger partial charge in [0, 0.05) is 32.4 Å². The Bertz CT molecular complexity index is 682. The summed E-state index contributed by atoms with van der Waals surface area (Å²) in [6, 6.07) is 3.30. The van der Waals surface area contributed by atoms with Crippen molar-refractivity contribution in [3.63, 3.8) is 0 Å². The van der Waals surface area contributed by atoms with Crippen LogP contribution in [-0.4, -0.2) is 32.6 Å². The first kappa shape index (κ1) is 13.7. The van der Waals surface area contributed by atoms with Crippen LogP contribution in [0.2, 0.25) is 0 Å². The molecule has 0 bridgehead atoms. The van der Waals surface area contributed by atoms with E-state index in [1.807, 2.05) is 0 Å². The number of hydrogen-bond acceptors (Lipinski definition) is 5. The summed E-state index contributed by atoms with van der Waals surface area (Å²) in [6.07, 6.45) is 5.45. The molecule has 0 unspecified atom stereocenters. The number of hydrogen-bond donors (Lipinski definition) is 0. The second-order valence-corrected chi connectivity index (χ2v) is 5.44. The zero-order valence-electron chi connectivity index (χ0n) is 12.4. The van der Waals surface area contributed by atoms with E-state index in [0.29, 0.717) is 17.3 Å². The molecule has 1 aliphatic heterocycles. The summed E-state index contributed by atoms with van der Waals surface area (Å²) < 4.78 is 1.61. The fraction of sp³-hybridized carbons (Fsp3) is 0.467. The van der Waals surface area contributed by atoms with Crippen LogP contribution in [0.4, 0.5) is 5.95 Å². The molecule has 6 heteroatoms. The zero-order chi connectivity index (χ0) is 14.8. The van der Waals surface area contributed by atoms with Gasteiger partial charge in [-0.3, -0.25) is 9.36 Å². The first-order valence-corrected chi connectivity index (χ1v) is 7.28. The average Bonchev–Trinajstić information content (AvgIpc) is 2.99. The number of rotatable bonds is 3. The molecule has 0 radical (unpaired) electrons. The highest BCUT2D eigenvalue weighted by Gasteiger charge is 2.24. The van der Waals surface area contributed by atoms with E-state index < -0.39 is 0 Å². The topological polar surface area (TPSA) is 63.9 Å². The van der Waals surface area contributed by atoms with E-state index in [-0.39, 0.29) is 5.56 Å². The third kappa shape index (κ3) is 2.66. The van der Waals surface area contributed by atoms with Crippen LogP contribution >= 0.6 is 0 Å². The molecule has 21 heavy (non-hydrogen) atoms. The lowest BCUT2D eigenvalue weighted by Crippen LogP contribution is -2.30. The summed E-state index contributed by atoms with van der Waals surface area (Å²) in [5.41, 5.74) is 1.22. The number of aromatic nitrogens is 4. The van der Waals surface area contributed by atoms with E-state index in [9.17, 15) is 4.79 Å². The van der Waals surface area contributed by atoms with Gasteiger partial charge in [-0.2, -0.15) is 0 Å². The van der Waals surface area contributed by atoms with Crippen molar-refractivity contribution < 1.29 is 0 Å². The van der Waals surface area contributed by atoms with Crippen LogP contribution in [0.5, 0.6) is 0 Å². The quantitative estimate of drug-likeness (QED) is 0.854. The molecule has 1 atom stereocenters. The summed E-state index contributed by atoms with van der Waals surface area (Å²) in [7, 11) is 1.77. The third-order valence-corrected chi connectivity index (χ3v) is 4.10. The Hall–Kier alpha value is -2.24. The van der Waals surface area contributed by atoms with E-state index >= 15 is 0 Å². The van der Waals surface area contributed by atoms with Gasteiger partial charge in [-0.25, -0.2) is 15.0 Å². The van der Waals surface area contributed by atoms with Gasteiger partial charge in [0.05, 0.1) is 11.4 Å². The minimum Gasteiger partial charge on any atom is -0.342 e. The summed E-state index contributed by atoms with van der Waals surface area (Å²) in [6.45, 7) is 4.12. The molecule has 6 nitrogen and oxygen atoms in total. The molecular weight excluding hydrogens is 266 g/mol. The number of nitrogens with zero attached hydrogens (tertiary/aromatic N) is 5. The highest BCUT2D eigenvalue weighted by atomic mass is 16.1. The van der Waals surface area contributed by atoms with Crippen LogP contribution in [0.3, 0.4) is 0 Å². The molecule has 3 heterocycles. The Balaban J connectivity index is 2.01. The molecule has 2 aromatic heterocycles. The molecule has 0 saturated carbocycles. The van der Waals surface area contributed by atoms with Gasteiger partial charge in [-0.1, -0.05) is 13.3 Å². The predicted octanol–water partition coefficient (Wildman–Crippen LogP) is 1.47. The lowest BCUT2D eigenvalue weighted by atomic mass is 10.1. The van der Waals surface area contributed by atoms with E-state index in [4.69, 9.17) is 0 Å². The summed E-state index contributed by atoms with van der Waals surface area (Å²) >= 11 is 0. The Morgan fingerprint density at radius 3 is 2.90 bits per heavy atom. The van der Waals surface area contributed by atoms with E-state index in [0.717, 1.165) is 31.9 Å². The molecule has 0 amide bonds. The van der Waals surface area contributed by atoms with Gasteiger partial charge in [0.1, 0.15) is 6.33 Å². The van der Waals surface area contributed by atoms with Crippen LogP contribution in [-0.2, 0) is 7.05 Å². The van der Waals surface area contributed by atoms with Crippen molar-refractivity contribution in [3.05, 3.63) is 35.0 Å². The molecule has 110 valence electrons. The Morgan fingerprint density at radius 2 is 2.24 bits per heavy atom. The second-order valence-electron chi connectivity index (χ2n) is 5.44. The highest BCUT2D eigenvalue weighted by molar-refractivity contribution is 5.55. The molecular formula is C15H19N5O. The van der Waals surface area contributed by atoms with E-state index in [1.54, 1.807) is 23.9 Å². The summed E-state index contributed by atoms with van der Waals surface area (Å²) in [5.74, 6) is 1.41. The van der Waals surface area contributed by atoms with Crippen molar-refractivity contribution in [2.75, 3.05) is 18.0 Å². The monoisotopic (exact) mass is 285 g/mol. The Kier molecular flexibility index (Phi) is 3.68. The van der Waals surface area contributed by atoms with Crippen molar-refractivity contribution >= 4 is 5.95 Å².